The topological polar surface area (TPSA) is 78.3 Å². The summed E-state index contributed by atoms with van der Waals surface area (Å²) in [6.45, 7) is 4.07. The van der Waals surface area contributed by atoms with E-state index in [0.717, 1.165) is 48.1 Å². The molecule has 0 saturated heterocycles. The van der Waals surface area contributed by atoms with Crippen LogP contribution in [0.15, 0.2) is 53.7 Å². The van der Waals surface area contributed by atoms with Crippen molar-refractivity contribution in [1.82, 2.24) is 20.1 Å². The van der Waals surface area contributed by atoms with E-state index in [1.807, 2.05) is 31.2 Å². The van der Waals surface area contributed by atoms with E-state index in [9.17, 15) is 4.79 Å². The lowest BCUT2D eigenvalue weighted by Gasteiger charge is -2.13. The Morgan fingerprint density at radius 1 is 1.12 bits per heavy atom. The summed E-state index contributed by atoms with van der Waals surface area (Å²) in [6.07, 6.45) is 2.62. The van der Waals surface area contributed by atoms with Gasteiger partial charge in [-0.25, -0.2) is 0 Å². The molecule has 8 heteroatoms. The van der Waals surface area contributed by atoms with Crippen LogP contribution in [0.2, 0.25) is 0 Å². The molecule has 174 valence electrons. The van der Waals surface area contributed by atoms with Crippen LogP contribution in [-0.2, 0) is 28.9 Å². The molecular formula is C25H30N4O3S. The van der Waals surface area contributed by atoms with E-state index in [1.54, 1.807) is 7.11 Å². The molecule has 0 spiro atoms. The third kappa shape index (κ3) is 5.94. The highest BCUT2D eigenvalue weighted by molar-refractivity contribution is 7.99. The van der Waals surface area contributed by atoms with E-state index >= 15 is 0 Å². The first-order valence-corrected chi connectivity index (χ1v) is 12.3. The number of nitrogens with zero attached hydrogens (tertiary/aromatic N) is 3. The van der Waals surface area contributed by atoms with Crippen LogP contribution in [0.25, 0.3) is 11.4 Å². The zero-order valence-corrected chi connectivity index (χ0v) is 19.9. The lowest BCUT2D eigenvalue weighted by atomic mass is 10.1. The summed E-state index contributed by atoms with van der Waals surface area (Å²) in [4.78, 5) is 12.7. The van der Waals surface area contributed by atoms with Crippen molar-refractivity contribution in [2.75, 3.05) is 26.1 Å². The summed E-state index contributed by atoms with van der Waals surface area (Å²) in [6, 6.07) is 16.3. The Morgan fingerprint density at radius 2 is 1.85 bits per heavy atom. The average molecular weight is 467 g/mol. The van der Waals surface area contributed by atoms with Crippen LogP contribution in [0.1, 0.15) is 24.5 Å². The molecule has 2 aromatic carbocycles. The molecule has 0 unspecified atom stereocenters. The molecule has 7 nitrogen and oxygen atoms in total. The molecule has 4 rings (SSSR count). The van der Waals surface area contributed by atoms with Crippen molar-refractivity contribution in [2.24, 2.45) is 0 Å². The highest BCUT2D eigenvalue weighted by Gasteiger charge is 2.23. The Hall–Kier alpha value is -2.84. The number of hydrogen-bond donors (Lipinski definition) is 1. The fourth-order valence-electron chi connectivity index (χ4n) is 4.08. The van der Waals surface area contributed by atoms with Crippen molar-refractivity contribution in [3.8, 4) is 17.1 Å². The van der Waals surface area contributed by atoms with E-state index in [-0.39, 0.29) is 11.9 Å². The Morgan fingerprint density at radius 3 is 2.52 bits per heavy atom. The van der Waals surface area contributed by atoms with E-state index < -0.39 is 0 Å². The molecule has 0 bridgehead atoms. The zero-order chi connectivity index (χ0) is 23.0. The highest BCUT2D eigenvalue weighted by atomic mass is 32.2. The molecule has 0 radical (unpaired) electrons. The van der Waals surface area contributed by atoms with Gasteiger partial charge in [0.15, 0.2) is 11.0 Å². The summed E-state index contributed by atoms with van der Waals surface area (Å²) < 4.78 is 12.8. The largest absolute Gasteiger partial charge is 0.497 e. The first kappa shape index (κ1) is 23.3. The third-order valence-corrected chi connectivity index (χ3v) is 6.65. The van der Waals surface area contributed by atoms with Gasteiger partial charge < -0.3 is 19.4 Å². The number of methoxy groups -OCH3 is 1. The molecule has 0 saturated carbocycles. The van der Waals surface area contributed by atoms with Gasteiger partial charge in [0.1, 0.15) is 5.75 Å². The minimum absolute atomic E-state index is 0.0210. The van der Waals surface area contributed by atoms with Gasteiger partial charge in [-0.1, -0.05) is 36.0 Å². The summed E-state index contributed by atoms with van der Waals surface area (Å²) in [5.74, 6) is 1.90. The molecule has 1 aliphatic carbocycles. The van der Waals surface area contributed by atoms with Gasteiger partial charge in [0, 0.05) is 31.4 Å². The fraction of sp³-hybridized carbons (Fsp3) is 0.400. The number of thioether (sulfide) groups is 1. The van der Waals surface area contributed by atoms with E-state index in [4.69, 9.17) is 9.47 Å². The van der Waals surface area contributed by atoms with Crippen molar-refractivity contribution >= 4 is 17.7 Å². The second-order valence-corrected chi connectivity index (χ2v) is 8.91. The molecule has 33 heavy (non-hydrogen) atoms. The van der Waals surface area contributed by atoms with Crippen molar-refractivity contribution in [2.45, 2.75) is 43.9 Å². The lowest BCUT2D eigenvalue weighted by Crippen LogP contribution is -2.36. The summed E-state index contributed by atoms with van der Waals surface area (Å²) in [7, 11) is 1.65. The van der Waals surface area contributed by atoms with Crippen LogP contribution in [-0.4, -0.2) is 52.8 Å². The van der Waals surface area contributed by atoms with Gasteiger partial charge in [-0.15, -0.1) is 10.2 Å². The maximum atomic E-state index is 12.7. The van der Waals surface area contributed by atoms with E-state index in [0.29, 0.717) is 19.0 Å². The average Bonchev–Trinajstić information content (AvgIpc) is 3.43. The van der Waals surface area contributed by atoms with Crippen LogP contribution in [0.3, 0.4) is 0 Å². The normalized spacial score (nSPS) is 13.2. The second kappa shape index (κ2) is 11.3. The van der Waals surface area contributed by atoms with Crippen LogP contribution in [0, 0.1) is 0 Å². The van der Waals surface area contributed by atoms with Crippen molar-refractivity contribution < 1.29 is 14.3 Å². The quantitative estimate of drug-likeness (QED) is 0.343. The monoisotopic (exact) mass is 466 g/mol. The second-order valence-electron chi connectivity index (χ2n) is 7.97. The molecule has 1 amide bonds. The summed E-state index contributed by atoms with van der Waals surface area (Å²) >= 11 is 1.42. The number of carbonyl (C=O) groups excluding carboxylic acids is 1. The van der Waals surface area contributed by atoms with Gasteiger partial charge in [-0.3, -0.25) is 4.79 Å². The number of nitrogens with one attached hydrogen (secondary N) is 1. The molecule has 0 aliphatic heterocycles. The van der Waals surface area contributed by atoms with Gasteiger partial charge in [0.05, 0.1) is 12.9 Å². The van der Waals surface area contributed by atoms with Gasteiger partial charge in [0.2, 0.25) is 5.91 Å². The fourth-order valence-corrected chi connectivity index (χ4v) is 4.86. The first-order chi connectivity index (χ1) is 16.2. The number of carbonyl (C=O) groups is 1. The van der Waals surface area contributed by atoms with Crippen LogP contribution < -0.4 is 10.1 Å². The number of rotatable bonds is 11. The number of fused-ring (bicyclic) bond motifs is 1. The number of hydrogen-bond acceptors (Lipinski definition) is 6. The Labute approximate surface area is 198 Å². The number of amides is 1. The van der Waals surface area contributed by atoms with Crippen LogP contribution in [0.4, 0.5) is 0 Å². The summed E-state index contributed by atoms with van der Waals surface area (Å²) in [5.41, 5.74) is 3.61. The molecular weight excluding hydrogens is 436 g/mol. The number of benzene rings is 2. The van der Waals surface area contributed by atoms with Crippen molar-refractivity contribution in [3.05, 3.63) is 59.7 Å². The molecule has 1 aliphatic rings. The third-order valence-electron chi connectivity index (χ3n) is 5.69. The molecule has 3 aromatic rings. The standard InChI is InChI=1S/C25H30N4O3S/c1-3-32-14-6-13-29-24(18-9-11-22(31-2)12-10-18)27-28-25(29)33-17-23(30)26-21-15-19-7-4-5-8-20(19)16-21/h4-5,7-12,21H,3,6,13-17H2,1-2H3,(H,26,30). The smallest absolute Gasteiger partial charge is 0.230 e. The van der Waals surface area contributed by atoms with Gasteiger partial charge in [0.25, 0.3) is 0 Å². The first-order valence-electron chi connectivity index (χ1n) is 11.3. The van der Waals surface area contributed by atoms with Gasteiger partial charge in [-0.2, -0.15) is 0 Å². The molecule has 1 heterocycles. The predicted molar refractivity (Wildman–Crippen MR) is 130 cm³/mol. The maximum Gasteiger partial charge on any atom is 0.230 e. The van der Waals surface area contributed by atoms with Crippen molar-refractivity contribution in [3.63, 3.8) is 0 Å². The van der Waals surface area contributed by atoms with Crippen molar-refractivity contribution in [1.29, 1.82) is 0 Å². The zero-order valence-electron chi connectivity index (χ0n) is 19.1. The van der Waals surface area contributed by atoms with Crippen LogP contribution in [0.5, 0.6) is 5.75 Å². The predicted octanol–water partition coefficient (Wildman–Crippen LogP) is 3.76. The van der Waals surface area contributed by atoms with Gasteiger partial charge in [-0.05, 0) is 61.6 Å². The lowest BCUT2D eigenvalue weighted by molar-refractivity contribution is -0.119. The Bertz CT molecular complexity index is 1040. The number of aromatic nitrogens is 3. The Kier molecular flexibility index (Phi) is 8.01. The minimum Gasteiger partial charge on any atom is -0.497 e. The number of ether oxygens (including phenoxy) is 2. The minimum atomic E-state index is 0.0210. The van der Waals surface area contributed by atoms with E-state index in [1.165, 1.54) is 22.9 Å². The SMILES string of the molecule is CCOCCCn1c(SCC(=O)NC2Cc3ccccc3C2)nnc1-c1ccc(OC)cc1. The highest BCUT2D eigenvalue weighted by Crippen LogP contribution is 2.26. The van der Waals surface area contributed by atoms with Gasteiger partial charge >= 0.3 is 0 Å². The molecule has 0 atom stereocenters. The molecule has 0 fully saturated rings. The van der Waals surface area contributed by atoms with E-state index in [2.05, 4.69) is 44.3 Å². The maximum absolute atomic E-state index is 12.7. The van der Waals surface area contributed by atoms with Crippen LogP contribution >= 0.6 is 11.8 Å². The summed E-state index contributed by atoms with van der Waals surface area (Å²) in [5, 5.41) is 12.7. The Balaban J connectivity index is 1.40. The molecule has 1 N–H and O–H groups in total. The molecule has 1 aromatic heterocycles.